The average molecular weight is 284 g/mol. The van der Waals surface area contributed by atoms with Crippen LogP contribution in [0.15, 0.2) is 24.5 Å². The van der Waals surface area contributed by atoms with Crippen LogP contribution in [0.25, 0.3) is 0 Å². The maximum Gasteiger partial charge on any atom is 0.337 e. The van der Waals surface area contributed by atoms with Crippen LogP contribution in [0, 0.1) is 5.92 Å². The van der Waals surface area contributed by atoms with Crippen molar-refractivity contribution >= 4 is 14.3 Å². The number of allylic oxidation sites excluding steroid dienone is 1. The lowest BCUT2D eigenvalue weighted by atomic mass is 10.0. The van der Waals surface area contributed by atoms with Crippen molar-refractivity contribution in [2.45, 2.75) is 52.8 Å². The Bertz CT molecular complexity index is 351. The van der Waals surface area contributed by atoms with Gasteiger partial charge in [0.15, 0.2) is 0 Å². The van der Waals surface area contributed by atoms with E-state index in [0.717, 1.165) is 0 Å². The van der Waals surface area contributed by atoms with E-state index in [0.29, 0.717) is 12.2 Å². The van der Waals surface area contributed by atoms with Gasteiger partial charge in [-0.05, 0) is 25.1 Å². The fourth-order valence-electron chi connectivity index (χ4n) is 1.07. The first-order valence-corrected chi connectivity index (χ1v) is 9.65. The fourth-order valence-corrected chi connectivity index (χ4v) is 1.85. The second-order valence-corrected chi connectivity index (χ2v) is 11.0. The quantitative estimate of drug-likeness (QED) is 0.240. The second kappa shape index (κ2) is 6.94. The maximum absolute atomic E-state index is 11.9. The number of carbonyl (C=O) groups excluding carboxylic acids is 1. The smallest absolute Gasteiger partial charge is 0.337 e. The minimum atomic E-state index is -1.91. The SMILES string of the molecule is C=CC(C)/C(=C\O[Si](C)(C)C(C)(C)C)C(=O)OCC. The molecule has 0 bridgehead atoms. The highest BCUT2D eigenvalue weighted by Crippen LogP contribution is 2.37. The van der Waals surface area contributed by atoms with Gasteiger partial charge in [-0.15, -0.1) is 6.58 Å². The van der Waals surface area contributed by atoms with Crippen LogP contribution < -0.4 is 0 Å². The fraction of sp³-hybridized carbons (Fsp3) is 0.667. The Morgan fingerprint density at radius 1 is 1.37 bits per heavy atom. The molecular weight excluding hydrogens is 256 g/mol. The molecule has 0 amide bonds. The van der Waals surface area contributed by atoms with Crippen molar-refractivity contribution in [3.05, 3.63) is 24.5 Å². The molecule has 3 nitrogen and oxygen atoms in total. The van der Waals surface area contributed by atoms with Gasteiger partial charge in [-0.3, -0.25) is 0 Å². The Labute approximate surface area is 118 Å². The van der Waals surface area contributed by atoms with Gasteiger partial charge in [-0.1, -0.05) is 33.8 Å². The van der Waals surface area contributed by atoms with Crippen molar-refractivity contribution < 1.29 is 14.0 Å². The molecule has 0 aromatic heterocycles. The lowest BCUT2D eigenvalue weighted by Crippen LogP contribution is -2.39. The van der Waals surface area contributed by atoms with Gasteiger partial charge in [0.05, 0.1) is 18.4 Å². The first-order chi connectivity index (χ1) is 8.56. The van der Waals surface area contributed by atoms with Crippen LogP contribution in [-0.2, 0) is 14.0 Å². The van der Waals surface area contributed by atoms with Crippen molar-refractivity contribution in [1.82, 2.24) is 0 Å². The van der Waals surface area contributed by atoms with E-state index in [1.54, 1.807) is 19.3 Å². The topological polar surface area (TPSA) is 35.5 Å². The molecule has 0 spiro atoms. The Balaban J connectivity index is 5.13. The summed E-state index contributed by atoms with van der Waals surface area (Å²) in [6.07, 6.45) is 3.31. The van der Waals surface area contributed by atoms with Crippen LogP contribution in [0.3, 0.4) is 0 Å². The molecule has 110 valence electrons. The monoisotopic (exact) mass is 284 g/mol. The molecule has 0 aliphatic rings. The third-order valence-electron chi connectivity index (χ3n) is 3.64. The van der Waals surface area contributed by atoms with Crippen LogP contribution in [0.5, 0.6) is 0 Å². The van der Waals surface area contributed by atoms with Crippen LogP contribution in [0.4, 0.5) is 0 Å². The van der Waals surface area contributed by atoms with E-state index in [1.807, 2.05) is 6.92 Å². The Morgan fingerprint density at radius 2 is 1.89 bits per heavy atom. The predicted octanol–water partition coefficient (Wildman–Crippen LogP) is 4.28. The molecule has 0 aromatic rings. The standard InChI is InChI=1S/C15H28O3Si/c1-9-12(3)13(14(16)17-10-2)11-18-19(7,8)15(4,5)6/h9,11-12H,1,10H2,2-8H3/b13-11+. The van der Waals surface area contributed by atoms with E-state index in [1.165, 1.54) is 0 Å². The summed E-state index contributed by atoms with van der Waals surface area (Å²) in [5.41, 5.74) is 0.529. The van der Waals surface area contributed by atoms with E-state index in [4.69, 9.17) is 9.16 Å². The molecular formula is C15H28O3Si. The molecule has 0 saturated carbocycles. The molecule has 0 aliphatic heterocycles. The Kier molecular flexibility index (Phi) is 6.56. The zero-order valence-electron chi connectivity index (χ0n) is 13.4. The third-order valence-corrected chi connectivity index (χ3v) is 7.96. The van der Waals surface area contributed by atoms with Crippen LogP contribution in [0.2, 0.25) is 18.1 Å². The predicted molar refractivity (Wildman–Crippen MR) is 82.4 cm³/mol. The number of hydrogen-bond donors (Lipinski definition) is 0. The van der Waals surface area contributed by atoms with Gasteiger partial charge in [0, 0.05) is 5.92 Å². The van der Waals surface area contributed by atoms with Crippen LogP contribution in [0.1, 0.15) is 34.6 Å². The molecule has 0 N–H and O–H groups in total. The normalized spacial score (nSPS) is 14.8. The van der Waals surface area contributed by atoms with Gasteiger partial charge in [-0.25, -0.2) is 4.79 Å². The highest BCUT2D eigenvalue weighted by molar-refractivity contribution is 6.74. The van der Waals surface area contributed by atoms with Gasteiger partial charge in [0.25, 0.3) is 0 Å². The van der Waals surface area contributed by atoms with E-state index in [-0.39, 0.29) is 16.9 Å². The maximum atomic E-state index is 11.9. The molecule has 4 heteroatoms. The molecule has 0 heterocycles. The van der Waals surface area contributed by atoms with Crippen molar-refractivity contribution in [2.24, 2.45) is 5.92 Å². The van der Waals surface area contributed by atoms with Gasteiger partial charge in [0.2, 0.25) is 8.32 Å². The number of rotatable bonds is 6. The van der Waals surface area contributed by atoms with Crippen LogP contribution >= 0.6 is 0 Å². The minimum Gasteiger partial charge on any atom is -0.548 e. The lowest BCUT2D eigenvalue weighted by molar-refractivity contribution is -0.139. The average Bonchev–Trinajstić information content (AvgIpc) is 2.27. The lowest BCUT2D eigenvalue weighted by Gasteiger charge is -2.35. The summed E-state index contributed by atoms with van der Waals surface area (Å²) in [5.74, 6) is -0.405. The Hall–Kier alpha value is -1.03. The molecule has 19 heavy (non-hydrogen) atoms. The molecule has 0 aliphatic carbocycles. The Morgan fingerprint density at radius 3 is 2.26 bits per heavy atom. The molecule has 0 radical (unpaired) electrons. The number of hydrogen-bond acceptors (Lipinski definition) is 3. The summed E-state index contributed by atoms with van der Waals surface area (Å²) >= 11 is 0. The highest BCUT2D eigenvalue weighted by atomic mass is 28.4. The van der Waals surface area contributed by atoms with Crippen molar-refractivity contribution in [3.8, 4) is 0 Å². The highest BCUT2D eigenvalue weighted by Gasteiger charge is 2.38. The largest absolute Gasteiger partial charge is 0.548 e. The molecule has 0 aromatic carbocycles. The first kappa shape index (κ1) is 18.0. The van der Waals surface area contributed by atoms with Crippen molar-refractivity contribution in [1.29, 1.82) is 0 Å². The zero-order chi connectivity index (χ0) is 15.3. The van der Waals surface area contributed by atoms with Gasteiger partial charge < -0.3 is 9.16 Å². The van der Waals surface area contributed by atoms with Gasteiger partial charge in [0.1, 0.15) is 0 Å². The molecule has 1 atom stereocenters. The van der Waals surface area contributed by atoms with Gasteiger partial charge in [-0.2, -0.15) is 0 Å². The molecule has 1 unspecified atom stereocenters. The van der Waals surface area contributed by atoms with Crippen LogP contribution in [-0.4, -0.2) is 20.9 Å². The summed E-state index contributed by atoms with van der Waals surface area (Å²) < 4.78 is 11.0. The summed E-state index contributed by atoms with van der Waals surface area (Å²) in [6, 6.07) is 0. The van der Waals surface area contributed by atoms with Crippen molar-refractivity contribution in [2.75, 3.05) is 6.61 Å². The van der Waals surface area contributed by atoms with E-state index < -0.39 is 8.32 Å². The molecule has 0 fully saturated rings. The summed E-state index contributed by atoms with van der Waals surface area (Å²) in [4.78, 5) is 11.9. The zero-order valence-corrected chi connectivity index (χ0v) is 14.4. The van der Waals surface area contributed by atoms with Gasteiger partial charge >= 0.3 is 5.97 Å². The second-order valence-electron chi connectivity index (χ2n) is 6.20. The number of carbonyl (C=O) groups is 1. The molecule has 0 rings (SSSR count). The number of esters is 1. The third kappa shape index (κ3) is 5.23. The van der Waals surface area contributed by atoms with E-state index in [9.17, 15) is 4.79 Å². The van der Waals surface area contributed by atoms with E-state index in [2.05, 4.69) is 40.4 Å². The minimum absolute atomic E-state index is 0.0798. The molecule has 0 saturated heterocycles. The summed E-state index contributed by atoms with van der Waals surface area (Å²) in [7, 11) is -1.91. The summed E-state index contributed by atoms with van der Waals surface area (Å²) in [5, 5.41) is 0.0979. The van der Waals surface area contributed by atoms with Crippen molar-refractivity contribution in [3.63, 3.8) is 0 Å². The van der Waals surface area contributed by atoms with E-state index >= 15 is 0 Å². The summed E-state index contributed by atoms with van der Waals surface area (Å²) in [6.45, 7) is 18.6. The first-order valence-electron chi connectivity index (χ1n) is 6.74. The number of ether oxygens (including phenoxy) is 1.